The van der Waals surface area contributed by atoms with E-state index in [4.69, 9.17) is 27.9 Å². The molecular weight excluding hydrogens is 219 g/mol. The summed E-state index contributed by atoms with van der Waals surface area (Å²) in [7, 11) is 0. The Morgan fingerprint density at radius 1 is 1.21 bits per heavy atom. The SMILES string of the molecule is CC1(C)C=C(Cl)c2cc(Cl)ccc2O1. The molecule has 0 saturated heterocycles. The van der Waals surface area contributed by atoms with Gasteiger partial charge in [-0.2, -0.15) is 0 Å². The van der Waals surface area contributed by atoms with Gasteiger partial charge in [0, 0.05) is 10.6 Å². The maximum Gasteiger partial charge on any atom is 0.129 e. The quantitative estimate of drug-likeness (QED) is 0.650. The van der Waals surface area contributed by atoms with Crippen molar-refractivity contribution >= 4 is 28.2 Å². The molecule has 1 aromatic rings. The molecule has 3 heteroatoms. The van der Waals surface area contributed by atoms with Crippen LogP contribution in [0.25, 0.3) is 5.03 Å². The van der Waals surface area contributed by atoms with Gasteiger partial charge in [-0.15, -0.1) is 0 Å². The molecule has 0 amide bonds. The van der Waals surface area contributed by atoms with Gasteiger partial charge < -0.3 is 4.74 Å². The zero-order valence-corrected chi connectivity index (χ0v) is 9.49. The Hall–Kier alpha value is -0.660. The molecule has 14 heavy (non-hydrogen) atoms. The molecule has 1 nitrogen and oxygen atoms in total. The van der Waals surface area contributed by atoms with Crippen molar-refractivity contribution in [1.29, 1.82) is 0 Å². The van der Waals surface area contributed by atoms with Crippen molar-refractivity contribution in [2.75, 3.05) is 0 Å². The Morgan fingerprint density at radius 2 is 1.93 bits per heavy atom. The maximum absolute atomic E-state index is 6.13. The van der Waals surface area contributed by atoms with Gasteiger partial charge in [-0.1, -0.05) is 23.2 Å². The van der Waals surface area contributed by atoms with Gasteiger partial charge in [0.05, 0.1) is 5.03 Å². The first-order valence-electron chi connectivity index (χ1n) is 4.35. The van der Waals surface area contributed by atoms with E-state index < -0.39 is 0 Å². The second kappa shape index (κ2) is 3.18. The number of hydrogen-bond acceptors (Lipinski definition) is 1. The first-order chi connectivity index (χ1) is 6.48. The molecule has 1 aliphatic heterocycles. The summed E-state index contributed by atoms with van der Waals surface area (Å²) in [5.74, 6) is 0.784. The van der Waals surface area contributed by atoms with Crippen molar-refractivity contribution in [3.63, 3.8) is 0 Å². The zero-order valence-electron chi connectivity index (χ0n) is 7.97. The molecule has 0 saturated carbocycles. The minimum absolute atomic E-state index is 0.349. The van der Waals surface area contributed by atoms with E-state index in [2.05, 4.69) is 0 Å². The average molecular weight is 229 g/mol. The molecule has 0 spiro atoms. The molecule has 0 unspecified atom stereocenters. The van der Waals surface area contributed by atoms with Crippen LogP contribution >= 0.6 is 23.2 Å². The summed E-state index contributed by atoms with van der Waals surface area (Å²) in [5, 5.41) is 1.36. The van der Waals surface area contributed by atoms with Crippen LogP contribution in [-0.2, 0) is 0 Å². The number of halogens is 2. The highest BCUT2D eigenvalue weighted by Crippen LogP contribution is 2.39. The normalized spacial score (nSPS) is 18.1. The van der Waals surface area contributed by atoms with E-state index in [-0.39, 0.29) is 5.60 Å². The number of benzene rings is 1. The van der Waals surface area contributed by atoms with Gasteiger partial charge in [0.1, 0.15) is 11.4 Å². The maximum atomic E-state index is 6.13. The lowest BCUT2D eigenvalue weighted by Crippen LogP contribution is -2.28. The van der Waals surface area contributed by atoms with Crippen LogP contribution in [0.5, 0.6) is 5.75 Å². The van der Waals surface area contributed by atoms with E-state index in [0.29, 0.717) is 10.1 Å². The Morgan fingerprint density at radius 3 is 2.64 bits per heavy atom. The van der Waals surface area contributed by atoms with Crippen molar-refractivity contribution in [1.82, 2.24) is 0 Å². The molecule has 74 valence electrons. The third-order valence-electron chi connectivity index (χ3n) is 2.05. The van der Waals surface area contributed by atoms with Gasteiger partial charge in [-0.3, -0.25) is 0 Å². The third kappa shape index (κ3) is 1.75. The van der Waals surface area contributed by atoms with Crippen molar-refractivity contribution < 1.29 is 4.74 Å². The fourth-order valence-electron chi connectivity index (χ4n) is 1.47. The summed E-state index contributed by atoms with van der Waals surface area (Å²) in [6, 6.07) is 5.45. The molecule has 0 N–H and O–H groups in total. The van der Waals surface area contributed by atoms with Crippen LogP contribution in [0.4, 0.5) is 0 Å². The van der Waals surface area contributed by atoms with Gasteiger partial charge in [0.2, 0.25) is 0 Å². The Balaban J connectivity index is 2.56. The minimum atomic E-state index is -0.349. The third-order valence-corrected chi connectivity index (χ3v) is 2.59. The van der Waals surface area contributed by atoms with Gasteiger partial charge in [-0.05, 0) is 38.1 Å². The van der Waals surface area contributed by atoms with Crippen LogP contribution in [0.2, 0.25) is 5.02 Å². The zero-order chi connectivity index (χ0) is 10.3. The fraction of sp³-hybridized carbons (Fsp3) is 0.273. The monoisotopic (exact) mass is 228 g/mol. The molecule has 1 heterocycles. The van der Waals surface area contributed by atoms with Crippen molar-refractivity contribution in [3.05, 3.63) is 34.9 Å². The van der Waals surface area contributed by atoms with Crippen LogP contribution in [-0.4, -0.2) is 5.60 Å². The summed E-state index contributed by atoms with van der Waals surface area (Å²) in [6.07, 6.45) is 1.88. The van der Waals surface area contributed by atoms with Crippen molar-refractivity contribution in [3.8, 4) is 5.75 Å². The van der Waals surface area contributed by atoms with E-state index in [1.54, 1.807) is 6.07 Å². The summed E-state index contributed by atoms with van der Waals surface area (Å²) >= 11 is 12.0. The molecule has 0 aliphatic carbocycles. The average Bonchev–Trinajstić information content (AvgIpc) is 2.05. The van der Waals surface area contributed by atoms with Gasteiger partial charge in [-0.25, -0.2) is 0 Å². The molecule has 0 bridgehead atoms. The van der Waals surface area contributed by atoms with Gasteiger partial charge in [0.25, 0.3) is 0 Å². The molecular formula is C11H10Cl2O. The number of rotatable bonds is 0. The van der Waals surface area contributed by atoms with Crippen molar-refractivity contribution in [2.45, 2.75) is 19.4 Å². The van der Waals surface area contributed by atoms with Crippen LogP contribution in [0.1, 0.15) is 19.4 Å². The number of ether oxygens (including phenoxy) is 1. The second-order valence-electron chi connectivity index (χ2n) is 3.84. The largest absolute Gasteiger partial charge is 0.483 e. The highest BCUT2D eigenvalue weighted by Gasteiger charge is 2.25. The summed E-state index contributed by atoms with van der Waals surface area (Å²) in [5.41, 5.74) is 0.510. The molecule has 1 aliphatic rings. The van der Waals surface area contributed by atoms with E-state index >= 15 is 0 Å². The minimum Gasteiger partial charge on any atom is -0.483 e. The first-order valence-corrected chi connectivity index (χ1v) is 5.11. The highest BCUT2D eigenvalue weighted by molar-refractivity contribution is 6.49. The predicted octanol–water partition coefficient (Wildman–Crippen LogP) is 4.09. The van der Waals surface area contributed by atoms with Crippen molar-refractivity contribution in [2.24, 2.45) is 0 Å². The second-order valence-corrected chi connectivity index (χ2v) is 4.68. The summed E-state index contributed by atoms with van der Waals surface area (Å²) < 4.78 is 5.73. The lowest BCUT2D eigenvalue weighted by molar-refractivity contribution is 0.158. The number of hydrogen-bond donors (Lipinski definition) is 0. The van der Waals surface area contributed by atoms with E-state index in [1.807, 2.05) is 32.1 Å². The van der Waals surface area contributed by atoms with Gasteiger partial charge in [0.15, 0.2) is 0 Å². The fourth-order valence-corrected chi connectivity index (χ4v) is 2.06. The lowest BCUT2D eigenvalue weighted by Gasteiger charge is -2.29. The Bertz CT molecular complexity index is 408. The summed E-state index contributed by atoms with van der Waals surface area (Å²) in [6.45, 7) is 3.93. The van der Waals surface area contributed by atoms with Crippen LogP contribution < -0.4 is 4.74 Å². The lowest BCUT2D eigenvalue weighted by atomic mass is 10.0. The molecule has 0 aromatic heterocycles. The molecule has 2 rings (SSSR count). The van der Waals surface area contributed by atoms with Crippen LogP contribution in [0.3, 0.4) is 0 Å². The van der Waals surface area contributed by atoms with E-state index in [1.165, 1.54) is 0 Å². The number of fused-ring (bicyclic) bond motifs is 1. The highest BCUT2D eigenvalue weighted by atomic mass is 35.5. The smallest absolute Gasteiger partial charge is 0.129 e. The Labute approximate surface area is 93.3 Å². The van der Waals surface area contributed by atoms with E-state index in [9.17, 15) is 0 Å². The predicted molar refractivity (Wildman–Crippen MR) is 60.0 cm³/mol. The van der Waals surface area contributed by atoms with Crippen LogP contribution in [0, 0.1) is 0 Å². The Kier molecular flexibility index (Phi) is 2.24. The van der Waals surface area contributed by atoms with E-state index in [0.717, 1.165) is 11.3 Å². The van der Waals surface area contributed by atoms with Crippen LogP contribution in [0.15, 0.2) is 24.3 Å². The topological polar surface area (TPSA) is 9.23 Å². The van der Waals surface area contributed by atoms with Gasteiger partial charge >= 0.3 is 0 Å². The summed E-state index contributed by atoms with van der Waals surface area (Å²) in [4.78, 5) is 0. The molecule has 0 fully saturated rings. The molecule has 1 aromatic carbocycles. The first kappa shape index (κ1) is 9.88. The molecule has 0 radical (unpaired) electrons. The standard InChI is InChI=1S/C11H10Cl2O/c1-11(2)6-9(13)8-5-7(12)3-4-10(8)14-11/h3-6H,1-2H3. The molecule has 0 atom stereocenters.